The van der Waals surface area contributed by atoms with E-state index < -0.39 is 0 Å². The van der Waals surface area contributed by atoms with E-state index in [1.165, 1.54) is 38.4 Å². The smallest absolute Gasteiger partial charge is 0.124 e. The van der Waals surface area contributed by atoms with Crippen molar-refractivity contribution in [3.63, 3.8) is 0 Å². The van der Waals surface area contributed by atoms with Gasteiger partial charge in [0.1, 0.15) is 33.8 Å². The molecule has 0 bridgehead atoms. The Balaban J connectivity index is 1.05. The summed E-state index contributed by atoms with van der Waals surface area (Å²) in [6.07, 6.45) is 0. The second-order valence-electron chi connectivity index (χ2n) is 24.9. The lowest BCUT2D eigenvalue weighted by molar-refractivity contribution is 0.271. The lowest BCUT2D eigenvalue weighted by Crippen LogP contribution is -2.04. The third-order valence-corrected chi connectivity index (χ3v) is 16.2. The lowest BCUT2D eigenvalue weighted by atomic mass is 9.93. The van der Waals surface area contributed by atoms with Crippen LogP contribution in [0.3, 0.4) is 0 Å². The van der Waals surface area contributed by atoms with Crippen LogP contribution >= 0.6 is 0 Å². The van der Waals surface area contributed by atoms with Gasteiger partial charge in [0.2, 0.25) is 0 Å². The van der Waals surface area contributed by atoms with Crippen molar-refractivity contribution in [2.75, 3.05) is 20.3 Å². The topological polar surface area (TPSA) is 99.0 Å². The number of ether oxygens (including phenoxy) is 3. The summed E-state index contributed by atoms with van der Waals surface area (Å²) in [6, 6.07) is 61.6. The van der Waals surface area contributed by atoms with Gasteiger partial charge in [-0.05, 0) is 160 Å². The number of aryl methyl sites for hydroxylation is 1. The van der Waals surface area contributed by atoms with E-state index in [0.717, 1.165) is 119 Å². The lowest BCUT2D eigenvalue weighted by Gasteiger charge is -2.13. The van der Waals surface area contributed by atoms with Crippen LogP contribution in [0.15, 0.2) is 170 Å². The second kappa shape index (κ2) is 22.7. The van der Waals surface area contributed by atoms with Gasteiger partial charge in [-0.25, -0.2) is 4.68 Å². The number of benzene rings is 9. The van der Waals surface area contributed by atoms with Gasteiger partial charge in [0.25, 0.3) is 0 Å². The van der Waals surface area contributed by atoms with E-state index in [-0.39, 0.29) is 0 Å². The van der Waals surface area contributed by atoms with Crippen LogP contribution in [-0.4, -0.2) is 59.4 Å². The van der Waals surface area contributed by atoms with Crippen LogP contribution in [0.25, 0.3) is 110 Å². The quantitative estimate of drug-likeness (QED) is 0.0795. The number of nitrogens with zero attached hydrogens (tertiary/aromatic N) is 8. The second-order valence-corrected chi connectivity index (χ2v) is 24.9. The van der Waals surface area contributed by atoms with Gasteiger partial charge in [-0.15, -0.1) is 5.10 Å². The summed E-state index contributed by atoms with van der Waals surface area (Å²) in [5.74, 6) is 4.30. The maximum atomic E-state index is 6.10. The van der Waals surface area contributed by atoms with Gasteiger partial charge >= 0.3 is 0 Å². The van der Waals surface area contributed by atoms with E-state index in [1.807, 2.05) is 16.9 Å². The molecule has 0 spiro atoms. The van der Waals surface area contributed by atoms with E-state index in [9.17, 15) is 0 Å². The van der Waals surface area contributed by atoms with Crippen molar-refractivity contribution < 1.29 is 14.2 Å². The van der Waals surface area contributed by atoms with E-state index in [4.69, 9.17) is 34.7 Å². The summed E-state index contributed by atoms with van der Waals surface area (Å²) in [5, 5.41) is 26.1. The Morgan fingerprint density at radius 2 is 0.800 bits per heavy atom. The first-order valence-electron chi connectivity index (χ1n) is 30.1. The predicted molar refractivity (Wildman–Crippen MR) is 349 cm³/mol. The zero-order valence-electron chi connectivity index (χ0n) is 50.5. The Morgan fingerprint density at radius 1 is 0.400 bits per heavy atom. The molecule has 9 aromatic carbocycles. The molecule has 0 aliphatic rings. The fourth-order valence-corrected chi connectivity index (χ4v) is 12.1. The predicted octanol–water partition coefficient (Wildman–Crippen LogP) is 17.9. The molecule has 85 heavy (non-hydrogen) atoms. The molecule has 0 N–H and O–H groups in total. The van der Waals surface area contributed by atoms with Crippen molar-refractivity contribution in [1.29, 1.82) is 0 Å². The number of methoxy groups -OCH3 is 1. The van der Waals surface area contributed by atoms with Gasteiger partial charge in [0, 0.05) is 67.8 Å². The molecule has 13 aromatic rings. The maximum absolute atomic E-state index is 6.10. The molecule has 0 fully saturated rings. The first-order valence-corrected chi connectivity index (χ1v) is 30.1. The Hall–Kier alpha value is -9.22. The Morgan fingerprint density at radius 3 is 1.26 bits per heavy atom. The minimum Gasteiger partial charge on any atom is -0.497 e. The van der Waals surface area contributed by atoms with E-state index in [2.05, 4.69) is 234 Å². The maximum Gasteiger partial charge on any atom is 0.124 e. The van der Waals surface area contributed by atoms with Crippen LogP contribution in [0.2, 0.25) is 0 Å². The molecule has 11 heteroatoms. The molecule has 0 amide bonds. The van der Waals surface area contributed by atoms with Crippen LogP contribution in [0, 0.1) is 30.6 Å². The monoisotopic (exact) mass is 1120 g/mol. The minimum atomic E-state index is 0.422. The molecule has 0 atom stereocenters. The van der Waals surface area contributed by atoms with Crippen molar-refractivity contribution in [3.8, 4) is 61.8 Å². The van der Waals surface area contributed by atoms with Gasteiger partial charge in [-0.1, -0.05) is 151 Å². The minimum absolute atomic E-state index is 0.422. The van der Waals surface area contributed by atoms with E-state index >= 15 is 0 Å². The van der Waals surface area contributed by atoms with Gasteiger partial charge in [0.15, 0.2) is 0 Å². The van der Waals surface area contributed by atoms with Gasteiger partial charge < -0.3 is 23.3 Å². The summed E-state index contributed by atoms with van der Waals surface area (Å²) < 4.78 is 24.8. The van der Waals surface area contributed by atoms with Crippen molar-refractivity contribution in [3.05, 3.63) is 187 Å². The van der Waals surface area contributed by atoms with Crippen molar-refractivity contribution in [1.82, 2.24) is 39.1 Å². The van der Waals surface area contributed by atoms with Crippen LogP contribution in [0.1, 0.15) is 72.1 Å². The van der Waals surface area contributed by atoms with Gasteiger partial charge in [0.05, 0.1) is 38.9 Å². The third-order valence-electron chi connectivity index (χ3n) is 16.2. The summed E-state index contributed by atoms with van der Waals surface area (Å²) >= 11 is 0. The molecular formula is C74H74N8O3. The highest BCUT2D eigenvalue weighted by molar-refractivity contribution is 6.20. The van der Waals surface area contributed by atoms with Crippen molar-refractivity contribution in [2.45, 2.75) is 88.5 Å². The van der Waals surface area contributed by atoms with Gasteiger partial charge in [-0.2, -0.15) is 15.0 Å². The van der Waals surface area contributed by atoms with Crippen LogP contribution < -0.4 is 14.2 Å². The Kier molecular flexibility index (Phi) is 14.7. The summed E-state index contributed by atoms with van der Waals surface area (Å²) in [5.41, 5.74) is 19.7. The molecule has 13 rings (SSSR count). The average molecular weight is 1120 g/mol. The highest BCUT2D eigenvalue weighted by atomic mass is 16.5. The molecule has 11 nitrogen and oxygen atoms in total. The molecule has 4 aromatic heterocycles. The first kappa shape index (κ1) is 55.0. The Bertz CT molecular complexity index is 4580. The summed E-state index contributed by atoms with van der Waals surface area (Å²) in [4.78, 5) is 1.87. The fourth-order valence-electron chi connectivity index (χ4n) is 12.1. The molecule has 0 aliphatic carbocycles. The standard InChI is InChI=1S/C74H74N8O3/c1-45(2)39-79-65-31-21-54(52-17-27-59(28-18-52)84-43-47(5)6)35-61(65)63-37-56(23-33-67(63)79)69-71-72(77-82(76-71)42-51-13-11-49(9)12-14-51)70(74-73(69)75-78-81(74)41-50-15-25-58(83-10)26-16-50)57-24-34-68-64(38-57)62-36-55(22-32-66(62)80(68)40-46(3)4)53-19-29-60(30-20-53)85-44-48(7)8/h11-38,45-48H,39-44H2,1-10H3. The van der Waals surface area contributed by atoms with Crippen molar-refractivity contribution >= 4 is 65.7 Å². The highest BCUT2D eigenvalue weighted by Crippen LogP contribution is 2.46. The zero-order valence-corrected chi connectivity index (χ0v) is 50.5. The van der Waals surface area contributed by atoms with Crippen LogP contribution in [0.4, 0.5) is 0 Å². The molecule has 428 valence electrons. The summed E-state index contributed by atoms with van der Waals surface area (Å²) in [6.45, 7) is 24.0. The number of fused-ring (bicyclic) bond motifs is 8. The highest BCUT2D eigenvalue weighted by Gasteiger charge is 2.28. The van der Waals surface area contributed by atoms with E-state index in [1.54, 1.807) is 7.11 Å². The molecule has 0 aliphatic heterocycles. The Labute approximate surface area is 497 Å². The first-order chi connectivity index (χ1) is 41.2. The molecular weight excluding hydrogens is 1050 g/mol. The largest absolute Gasteiger partial charge is 0.497 e. The fraction of sp³-hybridized carbons (Fsp3) is 0.270. The normalized spacial score (nSPS) is 12.1. The van der Waals surface area contributed by atoms with Crippen molar-refractivity contribution in [2.24, 2.45) is 23.7 Å². The number of hydrogen-bond acceptors (Lipinski definition) is 7. The van der Waals surface area contributed by atoms with Crippen LogP contribution in [0.5, 0.6) is 17.2 Å². The SMILES string of the molecule is COc1ccc(Cn2nnc3c(-c4ccc5c(c4)c4cc(-c6ccc(OCC(C)C)cc6)ccc4n5CC(C)C)c4nn(Cc5ccc(C)cc5)nc4c(-c4ccc5c(c4)c4cc(-c6ccc(OCC(C)C)cc6)ccc4n5CC(C)C)c32)cc1. The summed E-state index contributed by atoms with van der Waals surface area (Å²) in [7, 11) is 1.70. The number of hydrogen-bond donors (Lipinski definition) is 0. The number of rotatable bonds is 19. The molecule has 0 saturated heterocycles. The average Bonchev–Trinajstić information content (AvgIpc) is 1.71. The van der Waals surface area contributed by atoms with Gasteiger partial charge in [-0.3, -0.25) is 0 Å². The molecule has 0 saturated carbocycles. The van der Waals surface area contributed by atoms with E-state index in [0.29, 0.717) is 50.0 Å². The molecule has 0 unspecified atom stereocenters. The number of aromatic nitrogens is 8. The van der Waals surface area contributed by atoms with Crippen LogP contribution in [-0.2, 0) is 26.2 Å². The molecule has 4 heterocycles. The third kappa shape index (κ3) is 10.8. The zero-order chi connectivity index (χ0) is 58.6. The molecule has 0 radical (unpaired) electrons.